The lowest BCUT2D eigenvalue weighted by Crippen LogP contribution is -2.23. The van der Waals surface area contributed by atoms with E-state index in [2.05, 4.69) is 15.5 Å². The lowest BCUT2D eigenvalue weighted by atomic mass is 9.86. The van der Waals surface area contributed by atoms with Gasteiger partial charge in [-0.3, -0.25) is 4.79 Å². The Morgan fingerprint density at radius 3 is 2.73 bits per heavy atom. The van der Waals surface area contributed by atoms with Crippen LogP contribution in [0, 0.1) is 5.92 Å². The molecule has 1 heterocycles. The maximum atomic E-state index is 12.2. The topological polar surface area (TPSA) is 54.4 Å². The molecule has 0 atom stereocenters. The van der Waals surface area contributed by atoms with Gasteiger partial charge in [-0.1, -0.05) is 43.5 Å². The van der Waals surface area contributed by atoms with Crippen LogP contribution in [0.25, 0.3) is 10.9 Å². The molecule has 0 spiro atoms. The second-order valence-corrected chi connectivity index (χ2v) is 5.92. The number of hydrazone groups is 1. The Balaban J connectivity index is 1.69. The molecule has 1 fully saturated rings. The first-order valence-corrected chi connectivity index (χ1v) is 7.94. The minimum atomic E-state index is -0.249. The SMILES string of the molecule is C/C(=N\NC(=O)c1ccc2ccccc2n1)C1CCCCC1. The molecule has 0 unspecified atom stereocenters. The van der Waals surface area contributed by atoms with Crippen molar-refractivity contribution in [2.24, 2.45) is 11.0 Å². The maximum Gasteiger partial charge on any atom is 0.289 e. The standard InChI is InChI=1S/C18H21N3O/c1-13(14-7-3-2-4-8-14)20-21-18(22)17-12-11-15-9-5-6-10-16(15)19-17/h5-6,9-12,14H,2-4,7-8H2,1H3,(H,21,22)/b20-13+. The van der Waals surface area contributed by atoms with E-state index in [9.17, 15) is 4.79 Å². The Hall–Kier alpha value is -2.23. The summed E-state index contributed by atoms with van der Waals surface area (Å²) in [7, 11) is 0. The van der Waals surface area contributed by atoms with Gasteiger partial charge in [0.2, 0.25) is 0 Å². The highest BCUT2D eigenvalue weighted by Crippen LogP contribution is 2.24. The summed E-state index contributed by atoms with van der Waals surface area (Å²) in [4.78, 5) is 16.6. The molecule has 0 aliphatic heterocycles. The van der Waals surface area contributed by atoms with Gasteiger partial charge in [-0.25, -0.2) is 10.4 Å². The van der Waals surface area contributed by atoms with Gasteiger partial charge in [0.05, 0.1) is 5.52 Å². The first-order valence-electron chi connectivity index (χ1n) is 7.94. The Labute approximate surface area is 130 Å². The van der Waals surface area contributed by atoms with Crippen molar-refractivity contribution in [1.29, 1.82) is 0 Å². The molecule has 114 valence electrons. The van der Waals surface area contributed by atoms with Crippen molar-refractivity contribution >= 4 is 22.5 Å². The summed E-state index contributed by atoms with van der Waals surface area (Å²) in [5.74, 6) is 0.263. The molecule has 0 bridgehead atoms. The fourth-order valence-electron chi connectivity index (χ4n) is 3.00. The van der Waals surface area contributed by atoms with E-state index in [1.165, 1.54) is 32.1 Å². The molecule has 1 aromatic heterocycles. The van der Waals surface area contributed by atoms with Crippen LogP contribution in [-0.2, 0) is 0 Å². The van der Waals surface area contributed by atoms with Gasteiger partial charge in [-0.05, 0) is 37.8 Å². The number of rotatable bonds is 3. The molecular formula is C18H21N3O. The maximum absolute atomic E-state index is 12.2. The third-order valence-electron chi connectivity index (χ3n) is 4.36. The molecule has 4 heteroatoms. The number of fused-ring (bicyclic) bond motifs is 1. The largest absolute Gasteiger partial charge is 0.289 e. The van der Waals surface area contributed by atoms with Crippen LogP contribution in [0.4, 0.5) is 0 Å². The molecule has 4 nitrogen and oxygen atoms in total. The van der Waals surface area contributed by atoms with Crippen molar-refractivity contribution < 1.29 is 4.79 Å². The highest BCUT2D eigenvalue weighted by Gasteiger charge is 2.16. The van der Waals surface area contributed by atoms with Crippen LogP contribution in [0.15, 0.2) is 41.5 Å². The van der Waals surface area contributed by atoms with Crippen molar-refractivity contribution in [2.45, 2.75) is 39.0 Å². The molecular weight excluding hydrogens is 274 g/mol. The summed E-state index contributed by atoms with van der Waals surface area (Å²) in [6.07, 6.45) is 6.20. The number of hydrogen-bond acceptors (Lipinski definition) is 3. The molecule has 3 rings (SSSR count). The first-order chi connectivity index (χ1) is 10.7. The van der Waals surface area contributed by atoms with Gasteiger partial charge in [0, 0.05) is 11.1 Å². The van der Waals surface area contributed by atoms with Gasteiger partial charge in [-0.15, -0.1) is 0 Å². The van der Waals surface area contributed by atoms with E-state index in [4.69, 9.17) is 0 Å². The lowest BCUT2D eigenvalue weighted by Gasteiger charge is -2.21. The molecule has 1 aromatic carbocycles. The van der Waals surface area contributed by atoms with Gasteiger partial charge in [0.15, 0.2) is 0 Å². The Morgan fingerprint density at radius 1 is 1.14 bits per heavy atom. The average molecular weight is 295 g/mol. The molecule has 1 amide bonds. The molecule has 0 saturated heterocycles. The summed E-state index contributed by atoms with van der Waals surface area (Å²) in [6.45, 7) is 2.00. The number of nitrogens with zero attached hydrogens (tertiary/aromatic N) is 2. The van der Waals surface area contributed by atoms with Crippen molar-refractivity contribution in [3.05, 3.63) is 42.1 Å². The number of para-hydroxylation sites is 1. The van der Waals surface area contributed by atoms with Gasteiger partial charge in [0.1, 0.15) is 5.69 Å². The quantitative estimate of drug-likeness (QED) is 0.689. The number of nitrogens with one attached hydrogen (secondary N) is 1. The Morgan fingerprint density at radius 2 is 1.91 bits per heavy atom. The molecule has 1 N–H and O–H groups in total. The number of pyridine rings is 1. The van der Waals surface area contributed by atoms with E-state index in [-0.39, 0.29) is 5.91 Å². The summed E-state index contributed by atoms with van der Waals surface area (Å²) in [6, 6.07) is 11.4. The third kappa shape index (κ3) is 3.32. The highest BCUT2D eigenvalue weighted by atomic mass is 16.2. The third-order valence-corrected chi connectivity index (χ3v) is 4.36. The summed E-state index contributed by atoms with van der Waals surface area (Å²) >= 11 is 0. The molecule has 0 radical (unpaired) electrons. The van der Waals surface area contributed by atoms with Crippen molar-refractivity contribution in [3.8, 4) is 0 Å². The van der Waals surface area contributed by atoms with Crippen molar-refractivity contribution in [1.82, 2.24) is 10.4 Å². The first kappa shape index (κ1) is 14.7. The van der Waals surface area contributed by atoms with E-state index in [1.807, 2.05) is 37.3 Å². The van der Waals surface area contributed by atoms with Crippen LogP contribution in [-0.4, -0.2) is 16.6 Å². The summed E-state index contributed by atoms with van der Waals surface area (Å²) < 4.78 is 0. The van der Waals surface area contributed by atoms with Gasteiger partial charge in [0.25, 0.3) is 5.91 Å². The minimum Gasteiger partial charge on any atom is -0.266 e. The fourth-order valence-corrected chi connectivity index (χ4v) is 3.00. The second-order valence-electron chi connectivity index (χ2n) is 5.92. The molecule has 2 aromatic rings. The molecule has 22 heavy (non-hydrogen) atoms. The molecule has 1 aliphatic rings. The highest BCUT2D eigenvalue weighted by molar-refractivity contribution is 5.96. The van der Waals surface area contributed by atoms with Gasteiger partial charge in [-0.2, -0.15) is 5.10 Å². The molecule has 1 saturated carbocycles. The minimum absolute atomic E-state index is 0.249. The predicted molar refractivity (Wildman–Crippen MR) is 88.9 cm³/mol. The number of carbonyl (C=O) groups excluding carboxylic acids is 1. The Bertz CT molecular complexity index is 702. The smallest absolute Gasteiger partial charge is 0.266 e. The summed E-state index contributed by atoms with van der Waals surface area (Å²) in [5, 5.41) is 5.31. The predicted octanol–water partition coefficient (Wildman–Crippen LogP) is 3.92. The van der Waals surface area contributed by atoms with Crippen LogP contribution in [0.3, 0.4) is 0 Å². The molecule has 1 aliphatic carbocycles. The normalized spacial score (nSPS) is 16.7. The zero-order valence-electron chi connectivity index (χ0n) is 12.9. The van der Waals surface area contributed by atoms with Crippen LogP contribution < -0.4 is 5.43 Å². The van der Waals surface area contributed by atoms with Crippen LogP contribution in [0.1, 0.15) is 49.5 Å². The monoisotopic (exact) mass is 295 g/mol. The van der Waals surface area contributed by atoms with Gasteiger partial charge < -0.3 is 0 Å². The number of aromatic nitrogens is 1. The fraction of sp³-hybridized carbons (Fsp3) is 0.389. The van der Waals surface area contributed by atoms with E-state index < -0.39 is 0 Å². The zero-order valence-corrected chi connectivity index (χ0v) is 12.9. The van der Waals surface area contributed by atoms with Gasteiger partial charge >= 0.3 is 0 Å². The van der Waals surface area contributed by atoms with Crippen LogP contribution >= 0.6 is 0 Å². The number of hydrogen-bond donors (Lipinski definition) is 1. The summed E-state index contributed by atoms with van der Waals surface area (Å²) in [5.41, 5.74) is 4.89. The zero-order chi connectivity index (χ0) is 15.4. The van der Waals surface area contributed by atoms with E-state index in [0.717, 1.165) is 16.6 Å². The van der Waals surface area contributed by atoms with Crippen LogP contribution in [0.2, 0.25) is 0 Å². The van der Waals surface area contributed by atoms with E-state index >= 15 is 0 Å². The van der Waals surface area contributed by atoms with E-state index in [1.54, 1.807) is 6.07 Å². The lowest BCUT2D eigenvalue weighted by molar-refractivity contribution is 0.0950. The Kier molecular flexibility index (Phi) is 4.47. The van der Waals surface area contributed by atoms with Crippen molar-refractivity contribution in [3.63, 3.8) is 0 Å². The second kappa shape index (κ2) is 6.69. The average Bonchev–Trinajstić information content (AvgIpc) is 2.59. The van der Waals surface area contributed by atoms with Crippen molar-refractivity contribution in [2.75, 3.05) is 0 Å². The van der Waals surface area contributed by atoms with E-state index in [0.29, 0.717) is 11.6 Å². The number of carbonyl (C=O) groups is 1. The van der Waals surface area contributed by atoms with Crippen LogP contribution in [0.5, 0.6) is 0 Å². The number of benzene rings is 1. The number of amides is 1.